The van der Waals surface area contributed by atoms with Crippen molar-refractivity contribution in [3.05, 3.63) is 51.8 Å². The molecule has 1 aromatic heterocycles. The van der Waals surface area contributed by atoms with E-state index in [4.69, 9.17) is 0 Å². The Balaban J connectivity index is 1.90. The number of rotatable bonds is 4. The highest BCUT2D eigenvalue weighted by Gasteiger charge is 2.02. The second-order valence-corrected chi connectivity index (χ2v) is 5.03. The average Bonchev–Trinajstić information content (AvgIpc) is 2.61. The van der Waals surface area contributed by atoms with Crippen LogP contribution in [0.4, 0.5) is 0 Å². The number of nitrogens with one attached hydrogen (secondary N) is 1. The Hall–Kier alpha value is -1.13. The second-order valence-electron chi connectivity index (χ2n) is 4.11. The summed E-state index contributed by atoms with van der Waals surface area (Å²) in [6.07, 6.45) is 1.92. The van der Waals surface area contributed by atoms with Gasteiger partial charge in [0.05, 0.1) is 6.20 Å². The molecule has 1 aromatic carbocycles. The van der Waals surface area contributed by atoms with E-state index in [1.165, 1.54) is 16.8 Å². The summed E-state index contributed by atoms with van der Waals surface area (Å²) in [5, 5.41) is 7.65. The highest BCUT2D eigenvalue weighted by atomic mass is 79.9. The van der Waals surface area contributed by atoms with Gasteiger partial charge in [0.25, 0.3) is 0 Å². The molecule has 1 heterocycles. The summed E-state index contributed by atoms with van der Waals surface area (Å²) >= 11 is 3.47. The van der Waals surface area contributed by atoms with Crippen molar-refractivity contribution in [1.82, 2.24) is 15.1 Å². The molecule has 0 atom stereocenters. The first-order valence-corrected chi connectivity index (χ1v) is 6.39. The molecule has 0 aliphatic rings. The number of hydrogen-bond donors (Lipinski definition) is 1. The molecule has 0 radical (unpaired) electrons. The number of aryl methyl sites for hydroxylation is 1. The highest BCUT2D eigenvalue weighted by molar-refractivity contribution is 9.10. The fourth-order valence-corrected chi connectivity index (χ4v) is 2.15. The van der Waals surface area contributed by atoms with Gasteiger partial charge in [0, 0.05) is 35.9 Å². The maximum atomic E-state index is 4.23. The Labute approximate surface area is 110 Å². The van der Waals surface area contributed by atoms with E-state index in [1.807, 2.05) is 24.0 Å². The molecule has 0 fully saturated rings. The summed E-state index contributed by atoms with van der Waals surface area (Å²) in [6, 6.07) is 8.34. The molecule has 17 heavy (non-hydrogen) atoms. The molecule has 90 valence electrons. The van der Waals surface area contributed by atoms with Crippen LogP contribution in [-0.4, -0.2) is 9.78 Å². The van der Waals surface area contributed by atoms with E-state index in [0.717, 1.165) is 17.6 Å². The van der Waals surface area contributed by atoms with Gasteiger partial charge in [-0.05, 0) is 24.6 Å². The summed E-state index contributed by atoms with van der Waals surface area (Å²) in [5.74, 6) is 0. The molecule has 2 aromatic rings. The lowest BCUT2D eigenvalue weighted by atomic mass is 10.2. The topological polar surface area (TPSA) is 29.9 Å². The molecule has 0 unspecified atom stereocenters. The summed E-state index contributed by atoms with van der Waals surface area (Å²) in [4.78, 5) is 0. The maximum Gasteiger partial charge on any atom is 0.0537 e. The third kappa shape index (κ3) is 3.17. The van der Waals surface area contributed by atoms with Crippen LogP contribution in [0.2, 0.25) is 0 Å². The standard InChI is InChI=1S/C13H16BrN3/c1-10-12(9-16-17(10)2)8-15-7-11-4-3-5-13(14)6-11/h3-6,9,15H,7-8H2,1-2H3. The predicted octanol–water partition coefficient (Wildman–Crippen LogP) is 2.78. The number of halogens is 1. The smallest absolute Gasteiger partial charge is 0.0537 e. The van der Waals surface area contributed by atoms with Crippen LogP contribution >= 0.6 is 15.9 Å². The Kier molecular flexibility index (Phi) is 3.97. The molecule has 0 saturated heterocycles. The molecule has 2 rings (SSSR count). The molecule has 4 heteroatoms. The molecule has 1 N–H and O–H groups in total. The van der Waals surface area contributed by atoms with Gasteiger partial charge in [-0.1, -0.05) is 28.1 Å². The third-order valence-electron chi connectivity index (χ3n) is 2.87. The number of nitrogens with zero attached hydrogens (tertiary/aromatic N) is 2. The van der Waals surface area contributed by atoms with Crippen LogP contribution in [0, 0.1) is 6.92 Å². The van der Waals surface area contributed by atoms with Crippen LogP contribution < -0.4 is 5.32 Å². The zero-order valence-corrected chi connectivity index (χ0v) is 11.7. The van der Waals surface area contributed by atoms with Gasteiger partial charge < -0.3 is 5.32 Å². The zero-order chi connectivity index (χ0) is 12.3. The van der Waals surface area contributed by atoms with Crippen LogP contribution in [0.3, 0.4) is 0 Å². The summed E-state index contributed by atoms with van der Waals surface area (Å²) in [5.41, 5.74) is 3.75. The van der Waals surface area contributed by atoms with Crippen LogP contribution in [0.5, 0.6) is 0 Å². The van der Waals surface area contributed by atoms with Crippen LogP contribution in [0.1, 0.15) is 16.8 Å². The van der Waals surface area contributed by atoms with Gasteiger partial charge in [-0.2, -0.15) is 5.10 Å². The first kappa shape index (κ1) is 12.3. The van der Waals surface area contributed by atoms with Crippen molar-refractivity contribution < 1.29 is 0 Å². The van der Waals surface area contributed by atoms with Gasteiger partial charge in [0.2, 0.25) is 0 Å². The van der Waals surface area contributed by atoms with E-state index in [1.54, 1.807) is 0 Å². The first-order chi connectivity index (χ1) is 8.16. The molecule has 0 aliphatic heterocycles. The van der Waals surface area contributed by atoms with Crippen molar-refractivity contribution in [3.8, 4) is 0 Å². The van der Waals surface area contributed by atoms with Crippen LogP contribution in [0.25, 0.3) is 0 Å². The van der Waals surface area contributed by atoms with Gasteiger partial charge in [-0.3, -0.25) is 4.68 Å². The normalized spacial score (nSPS) is 10.8. The second kappa shape index (κ2) is 5.47. The van der Waals surface area contributed by atoms with Gasteiger partial charge in [-0.15, -0.1) is 0 Å². The van der Waals surface area contributed by atoms with Crippen molar-refractivity contribution in [2.24, 2.45) is 7.05 Å². The molecule has 0 spiro atoms. The van der Waals surface area contributed by atoms with E-state index in [-0.39, 0.29) is 0 Å². The van der Waals surface area contributed by atoms with Gasteiger partial charge in [0.15, 0.2) is 0 Å². The Morgan fingerprint density at radius 3 is 2.82 bits per heavy atom. The van der Waals surface area contributed by atoms with E-state index in [0.29, 0.717) is 0 Å². The van der Waals surface area contributed by atoms with Crippen molar-refractivity contribution in [1.29, 1.82) is 0 Å². The van der Waals surface area contributed by atoms with E-state index >= 15 is 0 Å². The van der Waals surface area contributed by atoms with E-state index in [2.05, 4.69) is 51.5 Å². The largest absolute Gasteiger partial charge is 0.308 e. The number of hydrogen-bond acceptors (Lipinski definition) is 2. The molecular weight excluding hydrogens is 278 g/mol. The monoisotopic (exact) mass is 293 g/mol. The fraction of sp³-hybridized carbons (Fsp3) is 0.308. The van der Waals surface area contributed by atoms with Crippen LogP contribution in [0.15, 0.2) is 34.9 Å². The Morgan fingerprint density at radius 2 is 2.18 bits per heavy atom. The molecule has 0 bridgehead atoms. The lowest BCUT2D eigenvalue weighted by Gasteiger charge is -2.05. The Morgan fingerprint density at radius 1 is 1.35 bits per heavy atom. The SMILES string of the molecule is Cc1c(CNCc2cccc(Br)c2)cnn1C. The minimum Gasteiger partial charge on any atom is -0.308 e. The summed E-state index contributed by atoms with van der Waals surface area (Å²) < 4.78 is 3.02. The zero-order valence-electron chi connectivity index (χ0n) is 10.1. The van der Waals surface area contributed by atoms with Crippen molar-refractivity contribution >= 4 is 15.9 Å². The molecule has 0 amide bonds. The van der Waals surface area contributed by atoms with Crippen LogP contribution in [-0.2, 0) is 20.1 Å². The van der Waals surface area contributed by atoms with Gasteiger partial charge in [-0.25, -0.2) is 0 Å². The van der Waals surface area contributed by atoms with Gasteiger partial charge >= 0.3 is 0 Å². The lowest BCUT2D eigenvalue weighted by molar-refractivity contribution is 0.684. The highest BCUT2D eigenvalue weighted by Crippen LogP contribution is 2.11. The molecule has 0 aliphatic carbocycles. The van der Waals surface area contributed by atoms with Crippen molar-refractivity contribution in [2.75, 3.05) is 0 Å². The summed E-state index contributed by atoms with van der Waals surface area (Å²) in [7, 11) is 1.97. The van der Waals surface area contributed by atoms with E-state index < -0.39 is 0 Å². The lowest BCUT2D eigenvalue weighted by Crippen LogP contribution is -2.13. The fourth-order valence-electron chi connectivity index (χ4n) is 1.71. The maximum absolute atomic E-state index is 4.23. The minimum absolute atomic E-state index is 0.853. The van der Waals surface area contributed by atoms with Crippen molar-refractivity contribution in [2.45, 2.75) is 20.0 Å². The van der Waals surface area contributed by atoms with Gasteiger partial charge in [0.1, 0.15) is 0 Å². The van der Waals surface area contributed by atoms with Crippen molar-refractivity contribution in [3.63, 3.8) is 0 Å². The molecular formula is C13H16BrN3. The van der Waals surface area contributed by atoms with E-state index in [9.17, 15) is 0 Å². The minimum atomic E-state index is 0.853. The quantitative estimate of drug-likeness (QED) is 0.939. The number of aromatic nitrogens is 2. The average molecular weight is 294 g/mol. The number of benzene rings is 1. The third-order valence-corrected chi connectivity index (χ3v) is 3.36. The summed E-state index contributed by atoms with van der Waals surface area (Å²) in [6.45, 7) is 3.81. The predicted molar refractivity (Wildman–Crippen MR) is 72.6 cm³/mol. The molecule has 0 saturated carbocycles. The first-order valence-electron chi connectivity index (χ1n) is 5.59. The molecule has 3 nitrogen and oxygen atoms in total. The Bertz CT molecular complexity index is 505.